The lowest BCUT2D eigenvalue weighted by atomic mass is 9.90. The Morgan fingerprint density at radius 3 is 2.77 bits per heavy atom. The Labute approximate surface area is 208 Å². The van der Waals surface area contributed by atoms with E-state index in [1.807, 2.05) is 37.3 Å². The Morgan fingerprint density at radius 1 is 1.09 bits per heavy atom. The van der Waals surface area contributed by atoms with Gasteiger partial charge in [0, 0.05) is 43.3 Å². The molecule has 3 heterocycles. The molecule has 0 radical (unpaired) electrons. The van der Waals surface area contributed by atoms with Gasteiger partial charge < -0.3 is 15.0 Å². The highest BCUT2D eigenvalue weighted by Crippen LogP contribution is 2.28. The van der Waals surface area contributed by atoms with Crippen LogP contribution < -0.4 is 15.0 Å². The van der Waals surface area contributed by atoms with Crippen LogP contribution >= 0.6 is 0 Å². The molecule has 0 saturated carbocycles. The molecular formula is C29H37FN4O. The fraction of sp³-hybridized carbons (Fsp3) is 0.483. The molecule has 2 aliphatic heterocycles. The van der Waals surface area contributed by atoms with E-state index in [0.29, 0.717) is 18.6 Å². The van der Waals surface area contributed by atoms with Crippen molar-refractivity contribution in [1.29, 1.82) is 0 Å². The van der Waals surface area contributed by atoms with Gasteiger partial charge in [-0.15, -0.1) is 0 Å². The van der Waals surface area contributed by atoms with Crippen molar-refractivity contribution in [3.05, 3.63) is 65.6 Å². The summed E-state index contributed by atoms with van der Waals surface area (Å²) in [5, 5.41) is 4.51. The van der Waals surface area contributed by atoms with E-state index in [1.165, 1.54) is 18.4 Å². The molecule has 2 aliphatic rings. The maximum Gasteiger partial charge on any atom is 0.146 e. The van der Waals surface area contributed by atoms with Crippen LogP contribution in [-0.4, -0.2) is 61.8 Å². The van der Waals surface area contributed by atoms with Crippen molar-refractivity contribution in [2.75, 3.05) is 50.8 Å². The van der Waals surface area contributed by atoms with E-state index in [-0.39, 0.29) is 5.82 Å². The lowest BCUT2D eigenvalue weighted by Gasteiger charge is -2.34. The summed E-state index contributed by atoms with van der Waals surface area (Å²) in [6.45, 7) is 10.6. The number of halogens is 1. The maximum absolute atomic E-state index is 14.6. The van der Waals surface area contributed by atoms with Crippen molar-refractivity contribution in [1.82, 2.24) is 15.2 Å². The number of nitrogens with one attached hydrogen (secondary N) is 1. The minimum Gasteiger partial charge on any atom is -0.492 e. The smallest absolute Gasteiger partial charge is 0.146 e. The highest BCUT2D eigenvalue weighted by Gasteiger charge is 2.22. The number of piperazine rings is 1. The molecule has 1 atom stereocenters. The number of hydrogen-bond donors (Lipinski definition) is 1. The van der Waals surface area contributed by atoms with Gasteiger partial charge in [-0.2, -0.15) is 0 Å². The third kappa shape index (κ3) is 5.93. The topological polar surface area (TPSA) is 40.6 Å². The van der Waals surface area contributed by atoms with Gasteiger partial charge in [-0.3, -0.25) is 9.88 Å². The highest BCUT2D eigenvalue weighted by molar-refractivity contribution is 5.85. The summed E-state index contributed by atoms with van der Waals surface area (Å²) in [6.07, 6.45) is 3.38. The number of aromatic nitrogens is 1. The van der Waals surface area contributed by atoms with E-state index in [1.54, 1.807) is 6.07 Å². The number of pyridine rings is 1. The third-order valence-corrected chi connectivity index (χ3v) is 7.45. The molecule has 5 rings (SSSR count). The molecule has 186 valence electrons. The van der Waals surface area contributed by atoms with Gasteiger partial charge in [0.2, 0.25) is 0 Å². The number of nitrogens with zero attached hydrogens (tertiary/aromatic N) is 3. The predicted molar refractivity (Wildman–Crippen MR) is 141 cm³/mol. The van der Waals surface area contributed by atoms with E-state index in [2.05, 4.69) is 39.2 Å². The van der Waals surface area contributed by atoms with Crippen LogP contribution in [0.1, 0.15) is 31.0 Å². The van der Waals surface area contributed by atoms with Crippen LogP contribution in [0.2, 0.25) is 0 Å². The first kappa shape index (κ1) is 24.0. The second-order valence-corrected chi connectivity index (χ2v) is 10.2. The molecule has 5 nitrogen and oxygen atoms in total. The second-order valence-electron chi connectivity index (χ2n) is 10.2. The maximum atomic E-state index is 14.6. The highest BCUT2D eigenvalue weighted by atomic mass is 19.1. The Kier molecular flexibility index (Phi) is 7.49. The molecule has 0 aliphatic carbocycles. The van der Waals surface area contributed by atoms with E-state index in [0.717, 1.165) is 73.7 Å². The molecule has 6 heteroatoms. The van der Waals surface area contributed by atoms with Gasteiger partial charge in [0.25, 0.3) is 0 Å². The number of piperidine rings is 1. The molecule has 1 unspecified atom stereocenters. The molecule has 2 fully saturated rings. The first-order chi connectivity index (χ1) is 17.0. The zero-order valence-corrected chi connectivity index (χ0v) is 21.0. The van der Waals surface area contributed by atoms with Crippen molar-refractivity contribution in [2.45, 2.75) is 39.2 Å². The number of fused-ring (bicyclic) bond motifs is 1. The number of anilines is 1. The molecule has 0 bridgehead atoms. The van der Waals surface area contributed by atoms with E-state index < -0.39 is 0 Å². The Morgan fingerprint density at radius 2 is 1.94 bits per heavy atom. The van der Waals surface area contributed by atoms with Crippen LogP contribution in [0.4, 0.5) is 10.1 Å². The summed E-state index contributed by atoms with van der Waals surface area (Å²) in [5.74, 6) is 1.46. The zero-order valence-electron chi connectivity index (χ0n) is 21.0. The Bertz CT molecular complexity index is 1140. The summed E-state index contributed by atoms with van der Waals surface area (Å²) >= 11 is 0. The molecule has 0 amide bonds. The van der Waals surface area contributed by atoms with Crippen molar-refractivity contribution >= 4 is 16.6 Å². The van der Waals surface area contributed by atoms with Crippen LogP contribution in [0, 0.1) is 18.7 Å². The standard InChI is InChI=1S/C29H37FN4O/c1-21-6-8-25-27(32-21)4-3-5-29(25)35-17-16-33-13-10-23(11-14-33)18-24-7-9-26(30)28(19-24)34-15-12-31-22(2)20-34/h3-9,19,22-23,31H,10-18,20H2,1-2H3. The molecule has 1 N–H and O–H groups in total. The van der Waals surface area contributed by atoms with Crippen LogP contribution in [-0.2, 0) is 6.42 Å². The van der Waals surface area contributed by atoms with Gasteiger partial charge in [-0.05, 0) is 94.1 Å². The SMILES string of the molecule is Cc1ccc2c(OCCN3CCC(Cc4ccc(F)c(N5CCNC(C)C5)c4)CC3)cccc2n1. The minimum absolute atomic E-state index is 0.102. The summed E-state index contributed by atoms with van der Waals surface area (Å²) in [4.78, 5) is 9.29. The molecular weight excluding hydrogens is 439 g/mol. The zero-order chi connectivity index (χ0) is 24.2. The van der Waals surface area contributed by atoms with Gasteiger partial charge in [-0.25, -0.2) is 4.39 Å². The number of hydrogen-bond acceptors (Lipinski definition) is 5. The van der Waals surface area contributed by atoms with Gasteiger partial charge in [0.15, 0.2) is 0 Å². The molecule has 2 saturated heterocycles. The number of benzene rings is 2. The summed E-state index contributed by atoms with van der Waals surface area (Å²) in [6, 6.07) is 16.3. The van der Waals surface area contributed by atoms with Crippen molar-refractivity contribution in [3.8, 4) is 5.75 Å². The first-order valence-corrected chi connectivity index (χ1v) is 13.0. The molecule has 0 spiro atoms. The largest absolute Gasteiger partial charge is 0.492 e. The van der Waals surface area contributed by atoms with E-state index in [9.17, 15) is 4.39 Å². The normalized spacial score (nSPS) is 19.9. The van der Waals surface area contributed by atoms with Gasteiger partial charge in [-0.1, -0.05) is 12.1 Å². The number of rotatable bonds is 7. The Hall–Kier alpha value is -2.70. The summed E-state index contributed by atoms with van der Waals surface area (Å²) < 4.78 is 20.7. The predicted octanol–water partition coefficient (Wildman–Crippen LogP) is 4.81. The van der Waals surface area contributed by atoms with Crippen LogP contribution in [0.25, 0.3) is 10.9 Å². The average Bonchev–Trinajstić information content (AvgIpc) is 2.86. The molecule has 2 aromatic carbocycles. The lowest BCUT2D eigenvalue weighted by Crippen LogP contribution is -2.49. The molecule has 1 aromatic heterocycles. The van der Waals surface area contributed by atoms with E-state index in [4.69, 9.17) is 4.74 Å². The van der Waals surface area contributed by atoms with Crippen molar-refractivity contribution < 1.29 is 9.13 Å². The van der Waals surface area contributed by atoms with Crippen LogP contribution in [0.15, 0.2) is 48.5 Å². The quantitative estimate of drug-likeness (QED) is 0.530. The number of ether oxygens (including phenoxy) is 1. The second kappa shape index (κ2) is 10.9. The van der Waals surface area contributed by atoms with Crippen molar-refractivity contribution in [3.63, 3.8) is 0 Å². The van der Waals surface area contributed by atoms with Gasteiger partial charge in [0.05, 0.1) is 11.2 Å². The average molecular weight is 477 g/mol. The van der Waals surface area contributed by atoms with E-state index >= 15 is 0 Å². The number of likely N-dealkylation sites (tertiary alicyclic amines) is 1. The number of aryl methyl sites for hydroxylation is 1. The van der Waals surface area contributed by atoms with Crippen molar-refractivity contribution in [2.24, 2.45) is 5.92 Å². The minimum atomic E-state index is -0.102. The molecule has 3 aromatic rings. The van der Waals surface area contributed by atoms with Crippen LogP contribution in [0.5, 0.6) is 5.75 Å². The third-order valence-electron chi connectivity index (χ3n) is 7.45. The van der Waals surface area contributed by atoms with Gasteiger partial charge in [0.1, 0.15) is 18.2 Å². The summed E-state index contributed by atoms with van der Waals surface area (Å²) in [5.41, 5.74) is 4.03. The fourth-order valence-corrected chi connectivity index (χ4v) is 5.47. The fourth-order valence-electron chi connectivity index (χ4n) is 5.47. The van der Waals surface area contributed by atoms with Crippen LogP contribution in [0.3, 0.4) is 0 Å². The molecule has 35 heavy (non-hydrogen) atoms. The van der Waals surface area contributed by atoms with Gasteiger partial charge >= 0.3 is 0 Å². The Balaban J connectivity index is 1.10. The lowest BCUT2D eigenvalue weighted by molar-refractivity contribution is 0.155. The first-order valence-electron chi connectivity index (χ1n) is 13.0. The summed E-state index contributed by atoms with van der Waals surface area (Å²) in [7, 11) is 0. The monoisotopic (exact) mass is 476 g/mol.